The second-order valence-electron chi connectivity index (χ2n) is 4.32. The lowest BCUT2D eigenvalue weighted by atomic mass is 10.1. The normalized spacial score (nSPS) is 16.3. The molecule has 1 aromatic heterocycles. The molecule has 1 aromatic rings. The fourth-order valence-electron chi connectivity index (χ4n) is 1.72. The summed E-state index contributed by atoms with van der Waals surface area (Å²) in [6.45, 7) is 1.86. The Bertz CT molecular complexity index is 455. The number of carboxylic acids is 1. The van der Waals surface area contributed by atoms with Gasteiger partial charge in [-0.05, 0) is 30.9 Å². The Kier molecular flexibility index (Phi) is 3.08. The molecule has 5 heteroatoms. The van der Waals surface area contributed by atoms with Crippen LogP contribution in [0.4, 0.5) is 5.82 Å². The number of hydrogen-bond acceptors (Lipinski definition) is 3. The van der Waals surface area contributed by atoms with E-state index in [9.17, 15) is 9.59 Å². The van der Waals surface area contributed by atoms with Crippen LogP contribution in [-0.4, -0.2) is 22.0 Å². The van der Waals surface area contributed by atoms with Crippen LogP contribution in [0, 0.1) is 11.8 Å². The maximum Gasteiger partial charge on any atom is 0.339 e. The zero-order valence-corrected chi connectivity index (χ0v) is 9.51. The van der Waals surface area contributed by atoms with Gasteiger partial charge in [0, 0.05) is 12.1 Å². The van der Waals surface area contributed by atoms with Gasteiger partial charge in [-0.2, -0.15) is 0 Å². The highest BCUT2D eigenvalue weighted by Crippen LogP contribution is 2.37. The summed E-state index contributed by atoms with van der Waals surface area (Å²) in [5, 5.41) is 11.5. The minimum atomic E-state index is -1.09. The lowest BCUT2D eigenvalue weighted by Gasteiger charge is -2.11. The smallest absolute Gasteiger partial charge is 0.339 e. The zero-order chi connectivity index (χ0) is 12.4. The van der Waals surface area contributed by atoms with Gasteiger partial charge in [-0.25, -0.2) is 9.78 Å². The highest BCUT2D eigenvalue weighted by Gasteiger charge is 2.33. The lowest BCUT2D eigenvalue weighted by Crippen LogP contribution is -2.23. The van der Waals surface area contributed by atoms with Crippen LogP contribution in [0.2, 0.25) is 0 Å². The quantitative estimate of drug-likeness (QED) is 0.832. The van der Waals surface area contributed by atoms with Crippen molar-refractivity contribution in [3.63, 3.8) is 0 Å². The molecular weight excluding hydrogens is 220 g/mol. The van der Waals surface area contributed by atoms with E-state index in [0.717, 1.165) is 12.8 Å². The van der Waals surface area contributed by atoms with Crippen LogP contribution in [0.5, 0.6) is 0 Å². The Labute approximate surface area is 98.9 Å². The number of pyridine rings is 1. The Morgan fingerprint density at radius 2 is 2.24 bits per heavy atom. The van der Waals surface area contributed by atoms with E-state index in [0.29, 0.717) is 5.92 Å². The molecule has 1 fully saturated rings. The average molecular weight is 234 g/mol. The third-order valence-corrected chi connectivity index (χ3v) is 3.02. The molecule has 2 N–H and O–H groups in total. The SMILES string of the molecule is CC(C(=O)Nc1ncccc1C(=O)O)C1CC1. The minimum Gasteiger partial charge on any atom is -0.478 e. The number of anilines is 1. The number of aromatic carboxylic acids is 1. The van der Waals surface area contributed by atoms with Crippen molar-refractivity contribution >= 4 is 17.7 Å². The molecule has 0 spiro atoms. The number of nitrogens with one attached hydrogen (secondary N) is 1. The maximum atomic E-state index is 11.8. The summed E-state index contributed by atoms with van der Waals surface area (Å²) >= 11 is 0. The van der Waals surface area contributed by atoms with Crippen LogP contribution in [0.25, 0.3) is 0 Å². The molecule has 1 unspecified atom stereocenters. The Hall–Kier alpha value is -1.91. The van der Waals surface area contributed by atoms with Gasteiger partial charge < -0.3 is 10.4 Å². The van der Waals surface area contributed by atoms with Gasteiger partial charge in [0.25, 0.3) is 0 Å². The predicted octanol–water partition coefficient (Wildman–Crippen LogP) is 1.76. The summed E-state index contributed by atoms with van der Waals surface area (Å²) in [6.07, 6.45) is 3.61. The molecule has 0 aliphatic heterocycles. The number of nitrogens with zero attached hydrogens (tertiary/aromatic N) is 1. The van der Waals surface area contributed by atoms with Gasteiger partial charge >= 0.3 is 5.97 Å². The summed E-state index contributed by atoms with van der Waals surface area (Å²) in [4.78, 5) is 26.6. The third kappa shape index (κ3) is 2.61. The monoisotopic (exact) mass is 234 g/mol. The van der Waals surface area contributed by atoms with E-state index >= 15 is 0 Å². The minimum absolute atomic E-state index is 0.0175. The van der Waals surface area contributed by atoms with Crippen LogP contribution in [0.15, 0.2) is 18.3 Å². The molecule has 0 bridgehead atoms. The van der Waals surface area contributed by atoms with Gasteiger partial charge in [-0.3, -0.25) is 4.79 Å². The number of hydrogen-bond donors (Lipinski definition) is 2. The second-order valence-corrected chi connectivity index (χ2v) is 4.32. The Morgan fingerprint density at radius 3 is 2.82 bits per heavy atom. The van der Waals surface area contributed by atoms with E-state index in [1.54, 1.807) is 0 Å². The van der Waals surface area contributed by atoms with E-state index in [2.05, 4.69) is 10.3 Å². The molecule has 1 heterocycles. The topological polar surface area (TPSA) is 79.3 Å². The zero-order valence-electron chi connectivity index (χ0n) is 9.51. The molecule has 1 amide bonds. The van der Waals surface area contributed by atoms with Crippen molar-refractivity contribution in [2.75, 3.05) is 5.32 Å². The first-order valence-electron chi connectivity index (χ1n) is 5.58. The van der Waals surface area contributed by atoms with Gasteiger partial charge in [-0.15, -0.1) is 0 Å². The van der Waals surface area contributed by atoms with Crippen molar-refractivity contribution < 1.29 is 14.7 Å². The summed E-state index contributed by atoms with van der Waals surface area (Å²) in [5.41, 5.74) is 0.0175. The first-order valence-corrected chi connectivity index (χ1v) is 5.58. The standard InChI is InChI=1S/C12H14N2O3/c1-7(8-4-5-8)11(15)14-10-9(12(16)17)3-2-6-13-10/h2-3,6-8H,4-5H2,1H3,(H,16,17)(H,13,14,15). The lowest BCUT2D eigenvalue weighted by molar-refractivity contribution is -0.119. The molecule has 2 rings (SSSR count). The van der Waals surface area contributed by atoms with Gasteiger partial charge in [0.05, 0.1) is 0 Å². The van der Waals surface area contributed by atoms with E-state index < -0.39 is 5.97 Å². The molecule has 1 saturated carbocycles. The van der Waals surface area contributed by atoms with Gasteiger partial charge in [0.15, 0.2) is 0 Å². The number of carbonyl (C=O) groups is 2. The van der Waals surface area contributed by atoms with Gasteiger partial charge in [0.2, 0.25) is 5.91 Å². The van der Waals surface area contributed by atoms with Crippen LogP contribution < -0.4 is 5.32 Å². The average Bonchev–Trinajstić information content (AvgIpc) is 3.12. The van der Waals surface area contributed by atoms with Crippen molar-refractivity contribution in [2.24, 2.45) is 11.8 Å². The molecule has 1 atom stereocenters. The van der Waals surface area contributed by atoms with Crippen molar-refractivity contribution in [1.29, 1.82) is 0 Å². The maximum absolute atomic E-state index is 11.8. The van der Waals surface area contributed by atoms with E-state index in [1.165, 1.54) is 18.3 Å². The molecule has 5 nitrogen and oxygen atoms in total. The summed E-state index contributed by atoms with van der Waals surface area (Å²) in [7, 11) is 0. The molecule has 17 heavy (non-hydrogen) atoms. The molecular formula is C12H14N2O3. The molecule has 0 aromatic carbocycles. The molecule has 0 saturated heterocycles. The van der Waals surface area contributed by atoms with Gasteiger partial charge in [0.1, 0.15) is 11.4 Å². The predicted molar refractivity (Wildman–Crippen MR) is 61.7 cm³/mol. The highest BCUT2D eigenvalue weighted by atomic mass is 16.4. The van der Waals surface area contributed by atoms with E-state index in [-0.39, 0.29) is 23.2 Å². The number of carboxylic acid groups (broad SMARTS) is 1. The number of rotatable bonds is 4. The number of aromatic nitrogens is 1. The second kappa shape index (κ2) is 4.53. The Morgan fingerprint density at radius 1 is 1.53 bits per heavy atom. The van der Waals surface area contributed by atoms with Crippen LogP contribution in [-0.2, 0) is 4.79 Å². The first kappa shape index (κ1) is 11.6. The molecule has 1 aliphatic rings. The highest BCUT2D eigenvalue weighted by molar-refractivity contribution is 5.99. The summed E-state index contributed by atoms with van der Waals surface area (Å²) < 4.78 is 0. The fourth-order valence-corrected chi connectivity index (χ4v) is 1.72. The fraction of sp³-hybridized carbons (Fsp3) is 0.417. The van der Waals surface area contributed by atoms with Crippen molar-refractivity contribution in [3.05, 3.63) is 23.9 Å². The largest absolute Gasteiger partial charge is 0.478 e. The summed E-state index contributed by atoms with van der Waals surface area (Å²) in [6, 6.07) is 2.95. The summed E-state index contributed by atoms with van der Waals surface area (Å²) in [5.74, 6) is -0.774. The number of amides is 1. The van der Waals surface area contributed by atoms with Crippen molar-refractivity contribution in [1.82, 2.24) is 4.98 Å². The van der Waals surface area contributed by atoms with Crippen LogP contribution >= 0.6 is 0 Å². The third-order valence-electron chi connectivity index (χ3n) is 3.02. The molecule has 1 aliphatic carbocycles. The van der Waals surface area contributed by atoms with Gasteiger partial charge in [-0.1, -0.05) is 6.92 Å². The first-order chi connectivity index (χ1) is 8.09. The van der Waals surface area contributed by atoms with E-state index in [4.69, 9.17) is 5.11 Å². The number of carbonyl (C=O) groups excluding carboxylic acids is 1. The van der Waals surface area contributed by atoms with E-state index in [1.807, 2.05) is 6.92 Å². The van der Waals surface area contributed by atoms with Crippen LogP contribution in [0.3, 0.4) is 0 Å². The molecule has 90 valence electrons. The Balaban J connectivity index is 2.12. The van der Waals surface area contributed by atoms with Crippen molar-refractivity contribution in [3.8, 4) is 0 Å². The van der Waals surface area contributed by atoms with Crippen LogP contribution in [0.1, 0.15) is 30.1 Å². The molecule has 0 radical (unpaired) electrons. The van der Waals surface area contributed by atoms with Crippen molar-refractivity contribution in [2.45, 2.75) is 19.8 Å².